The van der Waals surface area contributed by atoms with E-state index in [4.69, 9.17) is 4.74 Å². The van der Waals surface area contributed by atoms with Gasteiger partial charge in [-0.1, -0.05) is 12.1 Å². The summed E-state index contributed by atoms with van der Waals surface area (Å²) in [4.78, 5) is 27.0. The number of rotatable bonds is 6. The molecule has 0 spiro atoms. The quantitative estimate of drug-likeness (QED) is 0.692. The molecule has 2 saturated carbocycles. The van der Waals surface area contributed by atoms with Gasteiger partial charge in [-0.05, 0) is 70.1 Å². The van der Waals surface area contributed by atoms with Gasteiger partial charge in [-0.2, -0.15) is 13.2 Å². The van der Waals surface area contributed by atoms with E-state index in [0.29, 0.717) is 44.8 Å². The first-order chi connectivity index (χ1) is 14.1. The molecule has 1 atom stereocenters. The zero-order valence-corrected chi connectivity index (χ0v) is 17.2. The number of esters is 1. The van der Waals surface area contributed by atoms with Crippen LogP contribution < -0.4 is 0 Å². The smallest absolute Gasteiger partial charge is 0.421 e. The van der Waals surface area contributed by atoms with Crippen LogP contribution in [0.5, 0.6) is 0 Å². The van der Waals surface area contributed by atoms with E-state index in [-0.39, 0.29) is 35.4 Å². The number of hydrogen-bond acceptors (Lipinski definition) is 4. The summed E-state index contributed by atoms with van der Waals surface area (Å²) in [5.41, 5.74) is -2.98. The van der Waals surface area contributed by atoms with Gasteiger partial charge in [-0.3, -0.25) is 9.59 Å². The molecular formula is C22H28F3NO4. The summed E-state index contributed by atoms with van der Waals surface area (Å²) in [6, 6.07) is 5.15. The van der Waals surface area contributed by atoms with E-state index in [1.165, 1.54) is 12.1 Å². The number of ether oxygens (including phenoxy) is 1. The zero-order valence-electron chi connectivity index (χ0n) is 17.2. The van der Waals surface area contributed by atoms with Gasteiger partial charge in [-0.25, -0.2) is 0 Å². The van der Waals surface area contributed by atoms with Crippen molar-refractivity contribution < 1.29 is 32.6 Å². The van der Waals surface area contributed by atoms with Crippen LogP contribution in [-0.4, -0.2) is 46.7 Å². The molecule has 1 N–H and O–H groups in total. The summed E-state index contributed by atoms with van der Waals surface area (Å²) in [7, 11) is 0. The highest BCUT2D eigenvalue weighted by molar-refractivity contribution is 5.95. The van der Waals surface area contributed by atoms with Gasteiger partial charge in [0.15, 0.2) is 5.60 Å². The standard InChI is InChI=1S/C22H28F3NO4/c1-3-30-20(28)15-6-10-17(11-7-15)26(18-12-13-18)19(27)14-4-8-16(9-5-14)21(2,29)22(23,24)25/h4-5,8-9,15,17-18,29H,3,6-7,10-13H2,1-2H3/t15?,17?,21-/m0/s1. The lowest BCUT2D eigenvalue weighted by Crippen LogP contribution is -2.44. The van der Waals surface area contributed by atoms with Crippen LogP contribution in [0.2, 0.25) is 0 Å². The Morgan fingerprint density at radius 2 is 1.53 bits per heavy atom. The average molecular weight is 427 g/mol. The number of carbonyl (C=O) groups excluding carboxylic acids is 2. The monoisotopic (exact) mass is 427 g/mol. The van der Waals surface area contributed by atoms with Crippen molar-refractivity contribution in [3.8, 4) is 0 Å². The molecule has 0 saturated heterocycles. The highest BCUT2D eigenvalue weighted by Crippen LogP contribution is 2.39. The van der Waals surface area contributed by atoms with Gasteiger partial charge in [0.05, 0.1) is 12.5 Å². The Kier molecular flexibility index (Phi) is 6.45. The summed E-state index contributed by atoms with van der Waals surface area (Å²) >= 11 is 0. The van der Waals surface area contributed by atoms with Crippen molar-refractivity contribution in [1.29, 1.82) is 0 Å². The Morgan fingerprint density at radius 3 is 1.97 bits per heavy atom. The first kappa shape index (κ1) is 22.6. The molecular weight excluding hydrogens is 399 g/mol. The molecule has 0 aromatic heterocycles. The normalized spacial score (nSPS) is 24.1. The molecule has 1 aromatic rings. The van der Waals surface area contributed by atoms with Gasteiger partial charge in [0.25, 0.3) is 5.91 Å². The van der Waals surface area contributed by atoms with Gasteiger partial charge in [-0.15, -0.1) is 0 Å². The Labute approximate surface area is 174 Å². The minimum absolute atomic E-state index is 0.00800. The van der Waals surface area contributed by atoms with Crippen LogP contribution in [0.4, 0.5) is 13.2 Å². The molecule has 0 heterocycles. The van der Waals surface area contributed by atoms with Gasteiger partial charge < -0.3 is 14.7 Å². The predicted octanol–water partition coefficient (Wildman–Crippen LogP) is 4.18. The van der Waals surface area contributed by atoms with E-state index < -0.39 is 11.8 Å². The molecule has 1 aromatic carbocycles. The van der Waals surface area contributed by atoms with Crippen molar-refractivity contribution in [1.82, 2.24) is 4.90 Å². The Balaban J connectivity index is 1.70. The van der Waals surface area contributed by atoms with Crippen molar-refractivity contribution in [2.45, 2.75) is 76.2 Å². The molecule has 3 rings (SSSR count). The van der Waals surface area contributed by atoms with Crippen LogP contribution in [-0.2, 0) is 15.1 Å². The Bertz CT molecular complexity index is 764. The van der Waals surface area contributed by atoms with Crippen LogP contribution in [0.25, 0.3) is 0 Å². The maximum absolute atomic E-state index is 13.2. The van der Waals surface area contributed by atoms with Gasteiger partial charge in [0.1, 0.15) is 0 Å². The molecule has 1 amide bonds. The fourth-order valence-electron chi connectivity index (χ4n) is 4.08. The predicted molar refractivity (Wildman–Crippen MR) is 104 cm³/mol. The van der Waals surface area contributed by atoms with E-state index in [1.54, 1.807) is 6.92 Å². The maximum atomic E-state index is 13.2. The second-order valence-corrected chi connectivity index (χ2v) is 8.35. The lowest BCUT2D eigenvalue weighted by atomic mass is 9.85. The number of amides is 1. The summed E-state index contributed by atoms with van der Waals surface area (Å²) in [6.07, 6.45) is -0.273. The average Bonchev–Trinajstić information content (AvgIpc) is 3.53. The van der Waals surface area contributed by atoms with Crippen molar-refractivity contribution in [3.05, 3.63) is 35.4 Å². The third-order valence-electron chi connectivity index (χ3n) is 6.13. The van der Waals surface area contributed by atoms with Gasteiger partial charge in [0, 0.05) is 17.6 Å². The number of nitrogens with zero attached hydrogens (tertiary/aromatic N) is 1. The fourth-order valence-corrected chi connectivity index (χ4v) is 4.08. The first-order valence-electron chi connectivity index (χ1n) is 10.4. The summed E-state index contributed by atoms with van der Waals surface area (Å²) in [5, 5.41) is 9.81. The van der Waals surface area contributed by atoms with E-state index >= 15 is 0 Å². The summed E-state index contributed by atoms with van der Waals surface area (Å²) in [6.45, 7) is 2.82. The highest BCUT2D eigenvalue weighted by atomic mass is 19.4. The zero-order chi connectivity index (χ0) is 22.1. The second kappa shape index (κ2) is 8.57. The first-order valence-corrected chi connectivity index (χ1v) is 10.4. The van der Waals surface area contributed by atoms with Crippen molar-refractivity contribution in [2.75, 3.05) is 6.61 Å². The van der Waals surface area contributed by atoms with Crippen LogP contribution in [0.15, 0.2) is 24.3 Å². The molecule has 166 valence electrons. The molecule has 0 aliphatic heterocycles. The molecule has 2 aliphatic rings. The third-order valence-corrected chi connectivity index (χ3v) is 6.13. The maximum Gasteiger partial charge on any atom is 0.421 e. The summed E-state index contributed by atoms with van der Waals surface area (Å²) in [5.74, 6) is -0.538. The number of benzene rings is 1. The SMILES string of the molecule is CCOC(=O)C1CCC(N(C(=O)c2ccc([C@](C)(O)C(F)(F)F)cc2)C2CC2)CC1. The van der Waals surface area contributed by atoms with Gasteiger partial charge in [0.2, 0.25) is 0 Å². The lowest BCUT2D eigenvalue weighted by molar-refractivity contribution is -0.258. The van der Waals surface area contributed by atoms with E-state index in [9.17, 15) is 27.9 Å². The van der Waals surface area contributed by atoms with Gasteiger partial charge >= 0.3 is 12.1 Å². The second-order valence-electron chi connectivity index (χ2n) is 8.35. The largest absolute Gasteiger partial charge is 0.466 e. The van der Waals surface area contributed by atoms with Crippen LogP contribution >= 0.6 is 0 Å². The molecule has 2 aliphatic carbocycles. The molecule has 5 nitrogen and oxygen atoms in total. The fraction of sp³-hybridized carbons (Fsp3) is 0.636. The number of halogens is 3. The molecule has 0 unspecified atom stereocenters. The molecule has 2 fully saturated rings. The third kappa shape index (κ3) is 4.63. The Morgan fingerprint density at radius 1 is 1.03 bits per heavy atom. The number of carbonyl (C=O) groups is 2. The molecule has 0 radical (unpaired) electrons. The Hall–Kier alpha value is -2.09. The van der Waals surface area contributed by atoms with E-state index in [1.807, 2.05) is 4.90 Å². The molecule has 30 heavy (non-hydrogen) atoms. The van der Waals surface area contributed by atoms with Crippen molar-refractivity contribution >= 4 is 11.9 Å². The molecule has 8 heteroatoms. The van der Waals surface area contributed by atoms with Crippen LogP contribution in [0.1, 0.15) is 68.3 Å². The van der Waals surface area contributed by atoms with E-state index in [0.717, 1.165) is 25.0 Å². The minimum atomic E-state index is -4.81. The van der Waals surface area contributed by atoms with E-state index in [2.05, 4.69) is 0 Å². The lowest BCUT2D eigenvalue weighted by Gasteiger charge is -2.36. The van der Waals surface area contributed by atoms with Crippen molar-refractivity contribution in [2.24, 2.45) is 5.92 Å². The molecule has 0 bridgehead atoms. The highest BCUT2D eigenvalue weighted by Gasteiger charge is 2.51. The van der Waals surface area contributed by atoms with Crippen LogP contribution in [0, 0.1) is 5.92 Å². The topological polar surface area (TPSA) is 66.8 Å². The van der Waals surface area contributed by atoms with Crippen molar-refractivity contribution in [3.63, 3.8) is 0 Å². The number of aliphatic hydroxyl groups is 1. The number of hydrogen-bond donors (Lipinski definition) is 1. The van der Waals surface area contributed by atoms with Crippen LogP contribution in [0.3, 0.4) is 0 Å². The minimum Gasteiger partial charge on any atom is -0.466 e. The number of alkyl halides is 3. The summed E-state index contributed by atoms with van der Waals surface area (Å²) < 4.78 is 44.2.